The first-order valence-electron chi connectivity index (χ1n) is 14.6. The first-order valence-corrected chi connectivity index (χ1v) is 15.6. The van der Waals surface area contributed by atoms with Crippen molar-refractivity contribution in [1.82, 2.24) is 14.8 Å². The first kappa shape index (κ1) is 30.5. The molecule has 2 aromatic heterocycles. The largest absolute Gasteiger partial charge is 0.488 e. The first-order chi connectivity index (χ1) is 21.0. The molecule has 0 saturated carbocycles. The van der Waals surface area contributed by atoms with E-state index < -0.39 is 6.03 Å². The number of carbonyl (C=O) groups is 2. The molecule has 1 fully saturated rings. The molecule has 12 heteroatoms. The van der Waals surface area contributed by atoms with Crippen LogP contribution >= 0.6 is 11.3 Å². The minimum Gasteiger partial charge on any atom is -0.488 e. The number of carbonyl (C=O) groups excluding carboxylic acids is 2. The van der Waals surface area contributed by atoms with E-state index in [1.165, 1.54) is 16.9 Å². The molecular formula is C31H38N6O5S. The fourth-order valence-corrected chi connectivity index (χ4v) is 5.59. The Kier molecular flexibility index (Phi) is 11.0. The molecule has 3 aliphatic rings. The Labute approximate surface area is 255 Å². The van der Waals surface area contributed by atoms with E-state index >= 15 is 0 Å². The van der Waals surface area contributed by atoms with E-state index in [9.17, 15) is 9.59 Å². The standard InChI is InChI=1S/C31H38N6O5S/c32-26-21-43-22-28(26)34-30(38)27-9-8-24(17-33-27)18-37(11-5-4-10-36-12-14-40-15-13-36)31(39)35-29-20-41-19-25(42-29)16-23-6-2-1-3-7-23/h1-2,6,8-9,17,19,21-22H,3-5,7,10-16,18,20,32H2,(H,34,38). The quantitative estimate of drug-likeness (QED) is 0.343. The van der Waals surface area contributed by atoms with E-state index in [0.717, 1.165) is 64.1 Å². The molecule has 0 radical (unpaired) electrons. The zero-order valence-corrected chi connectivity index (χ0v) is 25.0. The molecule has 228 valence electrons. The van der Waals surface area contributed by atoms with Gasteiger partial charge < -0.3 is 30.2 Å². The molecule has 2 aliphatic heterocycles. The minimum atomic E-state index is -0.402. The SMILES string of the molecule is Nc1cscc1NC(=O)c1ccc(CN(CCCCN2CCOCC2)C(=O)N=C2COC=C(CC3=CC=CCC3)O2)cn1. The number of amides is 3. The predicted molar refractivity (Wildman–Crippen MR) is 167 cm³/mol. The van der Waals surface area contributed by atoms with Crippen LogP contribution in [0, 0.1) is 0 Å². The van der Waals surface area contributed by atoms with Gasteiger partial charge in [0, 0.05) is 49.6 Å². The van der Waals surface area contributed by atoms with E-state index in [-0.39, 0.29) is 24.1 Å². The second-order valence-corrected chi connectivity index (χ2v) is 11.3. The number of thiophene rings is 1. The molecule has 0 unspecified atom stereocenters. The normalized spacial score (nSPS) is 17.9. The van der Waals surface area contributed by atoms with Crippen molar-refractivity contribution in [3.8, 4) is 0 Å². The lowest BCUT2D eigenvalue weighted by atomic mass is 10.0. The fraction of sp³-hybridized carbons (Fsp3) is 0.419. The number of anilines is 2. The second-order valence-electron chi connectivity index (χ2n) is 10.6. The highest BCUT2D eigenvalue weighted by atomic mass is 32.1. The molecule has 0 spiro atoms. The molecule has 3 N–H and O–H groups in total. The van der Waals surface area contributed by atoms with E-state index in [0.29, 0.717) is 36.6 Å². The van der Waals surface area contributed by atoms with Crippen molar-refractivity contribution < 1.29 is 23.8 Å². The molecule has 43 heavy (non-hydrogen) atoms. The third-order valence-corrected chi connectivity index (χ3v) is 8.05. The Morgan fingerprint density at radius 3 is 2.81 bits per heavy atom. The zero-order valence-electron chi connectivity index (χ0n) is 24.2. The number of allylic oxidation sites excluding steroid dienone is 4. The maximum absolute atomic E-state index is 13.4. The lowest BCUT2D eigenvalue weighted by Gasteiger charge is -2.27. The monoisotopic (exact) mass is 606 g/mol. The molecule has 0 bridgehead atoms. The molecule has 0 atom stereocenters. The van der Waals surface area contributed by atoms with Gasteiger partial charge in [-0.15, -0.1) is 11.3 Å². The summed E-state index contributed by atoms with van der Waals surface area (Å²) in [7, 11) is 0. The third-order valence-electron chi connectivity index (χ3n) is 7.29. The smallest absolute Gasteiger partial charge is 0.346 e. The average Bonchev–Trinajstić information content (AvgIpc) is 3.43. The van der Waals surface area contributed by atoms with Gasteiger partial charge in [0.25, 0.3) is 5.91 Å². The highest BCUT2D eigenvalue weighted by Crippen LogP contribution is 2.24. The summed E-state index contributed by atoms with van der Waals surface area (Å²) in [4.78, 5) is 38.8. The molecule has 4 heterocycles. The molecule has 1 saturated heterocycles. The molecule has 3 amide bonds. The summed E-state index contributed by atoms with van der Waals surface area (Å²) in [5, 5.41) is 6.31. The number of nitrogens with two attached hydrogens (primary N) is 1. The topological polar surface area (TPSA) is 132 Å². The van der Waals surface area contributed by atoms with Crippen LogP contribution in [0.4, 0.5) is 16.2 Å². The molecule has 2 aromatic rings. The maximum Gasteiger partial charge on any atom is 0.346 e. The van der Waals surface area contributed by atoms with E-state index in [1.54, 1.807) is 40.3 Å². The van der Waals surface area contributed by atoms with Crippen molar-refractivity contribution in [1.29, 1.82) is 0 Å². The van der Waals surface area contributed by atoms with Gasteiger partial charge in [-0.2, -0.15) is 4.99 Å². The Hall–Kier alpha value is -4.00. The minimum absolute atomic E-state index is 0.0963. The molecular weight excluding hydrogens is 568 g/mol. The van der Waals surface area contributed by atoms with Crippen molar-refractivity contribution in [3.63, 3.8) is 0 Å². The number of rotatable bonds is 11. The Balaban J connectivity index is 1.21. The van der Waals surface area contributed by atoms with Gasteiger partial charge >= 0.3 is 6.03 Å². The lowest BCUT2D eigenvalue weighted by Crippen LogP contribution is -2.37. The summed E-state index contributed by atoms with van der Waals surface area (Å²) in [6.45, 7) is 5.24. The number of nitrogens with zero attached hydrogens (tertiary/aromatic N) is 4. The number of nitrogens with one attached hydrogen (secondary N) is 1. The summed E-state index contributed by atoms with van der Waals surface area (Å²) in [5.74, 6) is 0.529. The summed E-state index contributed by atoms with van der Waals surface area (Å²) in [5.41, 5.74) is 9.24. The van der Waals surface area contributed by atoms with Crippen molar-refractivity contribution in [3.05, 3.63) is 76.2 Å². The lowest BCUT2D eigenvalue weighted by molar-refractivity contribution is 0.0369. The highest BCUT2D eigenvalue weighted by Gasteiger charge is 2.20. The highest BCUT2D eigenvalue weighted by molar-refractivity contribution is 7.09. The predicted octanol–water partition coefficient (Wildman–Crippen LogP) is 4.97. The van der Waals surface area contributed by atoms with Crippen molar-refractivity contribution in [2.45, 2.75) is 38.6 Å². The van der Waals surface area contributed by atoms with Gasteiger partial charge in [0.2, 0.25) is 5.90 Å². The number of aliphatic imine (C=N–C) groups is 1. The van der Waals surface area contributed by atoms with Crippen LogP contribution in [0.2, 0.25) is 0 Å². The molecule has 11 nitrogen and oxygen atoms in total. The van der Waals surface area contributed by atoms with Crippen LogP contribution in [0.5, 0.6) is 0 Å². The van der Waals surface area contributed by atoms with Crippen molar-refractivity contribution >= 4 is 40.5 Å². The second kappa shape index (κ2) is 15.5. The van der Waals surface area contributed by atoms with Crippen LogP contribution in [-0.4, -0.2) is 78.6 Å². The van der Waals surface area contributed by atoms with Crippen molar-refractivity contribution in [2.75, 3.05) is 57.1 Å². The van der Waals surface area contributed by atoms with Gasteiger partial charge in [0.15, 0.2) is 6.61 Å². The van der Waals surface area contributed by atoms with Gasteiger partial charge in [-0.05, 0) is 43.9 Å². The Morgan fingerprint density at radius 2 is 2.07 bits per heavy atom. The zero-order chi connectivity index (χ0) is 29.9. The van der Waals surface area contributed by atoms with Crippen LogP contribution in [0.25, 0.3) is 0 Å². The van der Waals surface area contributed by atoms with Crippen LogP contribution in [0.15, 0.2) is 69.9 Å². The number of aromatic nitrogens is 1. The Morgan fingerprint density at radius 1 is 1.19 bits per heavy atom. The van der Waals surface area contributed by atoms with Crippen LogP contribution in [0.1, 0.15) is 48.2 Å². The number of urea groups is 1. The number of hydrogen-bond donors (Lipinski definition) is 2. The molecule has 1 aliphatic carbocycles. The molecule has 5 rings (SSSR count). The summed E-state index contributed by atoms with van der Waals surface area (Å²) < 4.78 is 17.0. The maximum atomic E-state index is 13.4. The fourth-order valence-electron chi connectivity index (χ4n) is 4.92. The number of pyridine rings is 1. The van der Waals surface area contributed by atoms with E-state index in [2.05, 4.69) is 32.3 Å². The number of unbranched alkanes of at least 4 members (excludes halogenated alkanes) is 1. The summed E-state index contributed by atoms with van der Waals surface area (Å²) in [6, 6.07) is 3.04. The summed E-state index contributed by atoms with van der Waals surface area (Å²) >= 11 is 1.41. The van der Waals surface area contributed by atoms with Crippen LogP contribution in [0.3, 0.4) is 0 Å². The number of ether oxygens (including phenoxy) is 3. The van der Waals surface area contributed by atoms with Gasteiger partial charge in [0.1, 0.15) is 17.7 Å². The Bertz CT molecular complexity index is 1380. The van der Waals surface area contributed by atoms with E-state index in [4.69, 9.17) is 19.9 Å². The van der Waals surface area contributed by atoms with Gasteiger partial charge in [0.05, 0.1) is 24.6 Å². The number of hydrogen-bond acceptors (Lipinski definition) is 9. The molecule has 0 aromatic carbocycles. The van der Waals surface area contributed by atoms with Crippen LogP contribution in [-0.2, 0) is 20.8 Å². The number of nitrogen functional groups attached to an aromatic ring is 1. The average molecular weight is 607 g/mol. The summed E-state index contributed by atoms with van der Waals surface area (Å²) in [6.07, 6.45) is 13.8. The third kappa shape index (κ3) is 9.24. The van der Waals surface area contributed by atoms with Crippen LogP contribution < -0.4 is 11.1 Å². The van der Waals surface area contributed by atoms with Gasteiger partial charge in [-0.25, -0.2) is 4.79 Å². The van der Waals surface area contributed by atoms with Crippen molar-refractivity contribution in [2.24, 2.45) is 4.99 Å². The van der Waals surface area contributed by atoms with Gasteiger partial charge in [-0.1, -0.05) is 29.9 Å². The van der Waals surface area contributed by atoms with E-state index in [1.807, 2.05) is 6.08 Å². The van der Waals surface area contributed by atoms with Gasteiger partial charge in [-0.3, -0.25) is 14.7 Å². The number of morpholine rings is 1.